The van der Waals surface area contributed by atoms with Gasteiger partial charge in [-0.05, 0) is 41.7 Å². The zero-order valence-electron chi connectivity index (χ0n) is 18.4. The van der Waals surface area contributed by atoms with E-state index in [1.807, 2.05) is 17.9 Å². The fourth-order valence-electron chi connectivity index (χ4n) is 4.81. The summed E-state index contributed by atoms with van der Waals surface area (Å²) in [7, 11) is 0. The van der Waals surface area contributed by atoms with E-state index in [2.05, 4.69) is 89.3 Å². The van der Waals surface area contributed by atoms with Crippen LogP contribution in [0.25, 0.3) is 10.9 Å². The molecule has 0 unspecified atom stereocenters. The van der Waals surface area contributed by atoms with Crippen molar-refractivity contribution < 1.29 is 4.79 Å². The Kier molecular flexibility index (Phi) is 5.78. The minimum absolute atomic E-state index is 0.157. The Morgan fingerprint density at radius 1 is 0.969 bits per heavy atom. The van der Waals surface area contributed by atoms with E-state index in [0.29, 0.717) is 13.1 Å². The summed E-state index contributed by atoms with van der Waals surface area (Å²) in [5.41, 5.74) is 6.27. The lowest BCUT2D eigenvalue weighted by Gasteiger charge is -2.31. The SMILES string of the molecule is C[C@H](NC[C@H](c1ccccc1)c1c[nH]c2ccccc12)C(=O)N1CCc2ccccc2C1. The number of para-hydroxylation sites is 1. The first-order chi connectivity index (χ1) is 15.7. The van der Waals surface area contributed by atoms with Gasteiger partial charge in [-0.1, -0.05) is 72.8 Å². The van der Waals surface area contributed by atoms with Crippen LogP contribution < -0.4 is 5.32 Å². The van der Waals surface area contributed by atoms with E-state index in [0.717, 1.165) is 18.5 Å². The van der Waals surface area contributed by atoms with Gasteiger partial charge in [0, 0.05) is 42.7 Å². The molecule has 2 heterocycles. The van der Waals surface area contributed by atoms with Gasteiger partial charge in [-0.25, -0.2) is 0 Å². The molecule has 5 rings (SSSR count). The smallest absolute Gasteiger partial charge is 0.239 e. The Labute approximate surface area is 189 Å². The van der Waals surface area contributed by atoms with E-state index in [4.69, 9.17) is 0 Å². The number of nitrogens with zero attached hydrogens (tertiary/aromatic N) is 1. The van der Waals surface area contributed by atoms with Gasteiger partial charge in [0.1, 0.15) is 0 Å². The Balaban J connectivity index is 1.33. The highest BCUT2D eigenvalue weighted by atomic mass is 16.2. The van der Waals surface area contributed by atoms with Crippen molar-refractivity contribution in [2.24, 2.45) is 0 Å². The summed E-state index contributed by atoms with van der Waals surface area (Å²) in [6, 6.07) is 27.1. The summed E-state index contributed by atoms with van der Waals surface area (Å²) in [5, 5.41) is 4.78. The molecule has 3 aromatic carbocycles. The number of hydrogen-bond acceptors (Lipinski definition) is 2. The second-order valence-corrected chi connectivity index (χ2v) is 8.66. The number of rotatable bonds is 6. The van der Waals surface area contributed by atoms with Crippen LogP contribution in [0.5, 0.6) is 0 Å². The minimum Gasteiger partial charge on any atom is -0.361 e. The second kappa shape index (κ2) is 9.01. The fraction of sp³-hybridized carbons (Fsp3) is 0.250. The van der Waals surface area contributed by atoms with E-state index < -0.39 is 0 Å². The van der Waals surface area contributed by atoms with E-state index in [9.17, 15) is 4.79 Å². The molecule has 4 nitrogen and oxygen atoms in total. The number of amides is 1. The highest BCUT2D eigenvalue weighted by Crippen LogP contribution is 2.30. The predicted molar refractivity (Wildman–Crippen MR) is 130 cm³/mol. The lowest BCUT2D eigenvalue weighted by Crippen LogP contribution is -2.47. The Morgan fingerprint density at radius 2 is 1.69 bits per heavy atom. The van der Waals surface area contributed by atoms with Crippen molar-refractivity contribution in [1.29, 1.82) is 0 Å². The molecule has 1 aliphatic heterocycles. The van der Waals surface area contributed by atoms with Gasteiger partial charge in [0.2, 0.25) is 5.91 Å². The molecule has 1 aliphatic rings. The number of benzene rings is 3. The van der Waals surface area contributed by atoms with Crippen LogP contribution in [0.3, 0.4) is 0 Å². The van der Waals surface area contributed by atoms with Crippen molar-refractivity contribution in [2.75, 3.05) is 13.1 Å². The molecule has 162 valence electrons. The minimum atomic E-state index is -0.239. The molecule has 1 aromatic heterocycles. The van der Waals surface area contributed by atoms with E-state index in [-0.39, 0.29) is 17.9 Å². The first-order valence-corrected chi connectivity index (χ1v) is 11.4. The van der Waals surface area contributed by atoms with Gasteiger partial charge in [0.15, 0.2) is 0 Å². The van der Waals surface area contributed by atoms with Crippen LogP contribution in [-0.4, -0.2) is 34.9 Å². The summed E-state index contributed by atoms with van der Waals surface area (Å²) in [5.74, 6) is 0.329. The number of aromatic amines is 1. The third-order valence-corrected chi connectivity index (χ3v) is 6.64. The Hall–Kier alpha value is -3.37. The molecule has 0 fully saturated rings. The summed E-state index contributed by atoms with van der Waals surface area (Å²) < 4.78 is 0. The average molecular weight is 424 g/mol. The standard InChI is InChI=1S/C28H29N3O/c1-20(28(32)31-16-15-21-9-5-6-12-23(21)19-31)29-17-25(22-10-3-2-4-11-22)26-18-30-27-14-8-7-13-24(26)27/h2-14,18,20,25,29-30H,15-17,19H2,1H3/t20-,25+/m0/s1. The van der Waals surface area contributed by atoms with Gasteiger partial charge in [0.25, 0.3) is 0 Å². The zero-order chi connectivity index (χ0) is 21.9. The molecule has 4 heteroatoms. The monoisotopic (exact) mass is 423 g/mol. The highest BCUT2D eigenvalue weighted by Gasteiger charge is 2.26. The third kappa shape index (κ3) is 4.06. The summed E-state index contributed by atoms with van der Waals surface area (Å²) in [6.07, 6.45) is 3.04. The van der Waals surface area contributed by atoms with Crippen molar-refractivity contribution in [3.63, 3.8) is 0 Å². The van der Waals surface area contributed by atoms with E-state index >= 15 is 0 Å². The van der Waals surface area contributed by atoms with Crippen molar-refractivity contribution in [1.82, 2.24) is 15.2 Å². The van der Waals surface area contributed by atoms with Gasteiger partial charge in [-0.15, -0.1) is 0 Å². The lowest BCUT2D eigenvalue weighted by atomic mass is 9.90. The molecular formula is C28H29N3O. The van der Waals surface area contributed by atoms with Gasteiger partial charge in [-0.2, -0.15) is 0 Å². The lowest BCUT2D eigenvalue weighted by molar-refractivity contribution is -0.134. The molecule has 0 saturated carbocycles. The van der Waals surface area contributed by atoms with Gasteiger partial charge in [0.05, 0.1) is 6.04 Å². The summed E-state index contributed by atoms with van der Waals surface area (Å²) >= 11 is 0. The molecule has 0 spiro atoms. The quantitative estimate of drug-likeness (QED) is 0.465. The first-order valence-electron chi connectivity index (χ1n) is 11.4. The number of aromatic nitrogens is 1. The topological polar surface area (TPSA) is 48.1 Å². The number of hydrogen-bond donors (Lipinski definition) is 2. The third-order valence-electron chi connectivity index (χ3n) is 6.64. The molecule has 1 amide bonds. The summed E-state index contributed by atoms with van der Waals surface area (Å²) in [6.45, 7) is 4.17. The van der Waals surface area contributed by atoms with Crippen molar-refractivity contribution >= 4 is 16.8 Å². The van der Waals surface area contributed by atoms with Gasteiger partial charge >= 0.3 is 0 Å². The largest absolute Gasteiger partial charge is 0.361 e. The maximum Gasteiger partial charge on any atom is 0.239 e. The molecular weight excluding hydrogens is 394 g/mol. The van der Waals surface area contributed by atoms with Crippen LogP contribution >= 0.6 is 0 Å². The van der Waals surface area contributed by atoms with Crippen LogP contribution in [0.1, 0.15) is 35.1 Å². The number of fused-ring (bicyclic) bond motifs is 2. The molecule has 32 heavy (non-hydrogen) atoms. The van der Waals surface area contributed by atoms with Gasteiger partial charge < -0.3 is 15.2 Å². The maximum absolute atomic E-state index is 13.2. The normalized spacial score (nSPS) is 15.3. The average Bonchev–Trinajstić information content (AvgIpc) is 3.28. The van der Waals surface area contributed by atoms with Crippen molar-refractivity contribution in [2.45, 2.75) is 31.8 Å². The van der Waals surface area contributed by atoms with Crippen molar-refractivity contribution in [3.05, 3.63) is 107 Å². The first kappa shape index (κ1) is 20.5. The molecule has 2 atom stereocenters. The molecule has 0 saturated heterocycles. The molecule has 0 aliphatic carbocycles. The number of carbonyl (C=O) groups is 1. The second-order valence-electron chi connectivity index (χ2n) is 8.66. The predicted octanol–water partition coefficient (Wildman–Crippen LogP) is 4.86. The van der Waals surface area contributed by atoms with Crippen LogP contribution in [0.2, 0.25) is 0 Å². The van der Waals surface area contributed by atoms with E-state index in [1.54, 1.807) is 0 Å². The highest BCUT2D eigenvalue weighted by molar-refractivity contribution is 5.84. The molecule has 4 aromatic rings. The maximum atomic E-state index is 13.2. The molecule has 2 N–H and O–H groups in total. The molecule has 0 radical (unpaired) electrons. The van der Waals surface area contributed by atoms with E-state index in [1.165, 1.54) is 27.6 Å². The number of H-pyrrole nitrogens is 1. The van der Waals surface area contributed by atoms with Crippen LogP contribution in [-0.2, 0) is 17.8 Å². The van der Waals surface area contributed by atoms with Crippen LogP contribution in [0.4, 0.5) is 0 Å². The fourth-order valence-corrected chi connectivity index (χ4v) is 4.81. The zero-order valence-corrected chi connectivity index (χ0v) is 18.4. The Bertz CT molecular complexity index is 1210. The number of carbonyl (C=O) groups excluding carboxylic acids is 1. The number of nitrogens with one attached hydrogen (secondary N) is 2. The van der Waals surface area contributed by atoms with Crippen molar-refractivity contribution in [3.8, 4) is 0 Å². The van der Waals surface area contributed by atoms with Crippen LogP contribution in [0.15, 0.2) is 85.1 Å². The molecule has 0 bridgehead atoms. The van der Waals surface area contributed by atoms with Crippen LogP contribution in [0, 0.1) is 0 Å². The van der Waals surface area contributed by atoms with Gasteiger partial charge in [-0.3, -0.25) is 4.79 Å². The summed E-state index contributed by atoms with van der Waals surface area (Å²) in [4.78, 5) is 18.6. The Morgan fingerprint density at radius 3 is 2.53 bits per heavy atom.